The van der Waals surface area contributed by atoms with Crippen LogP contribution < -0.4 is 0 Å². The molecule has 0 saturated heterocycles. The molecule has 1 aromatic carbocycles. The van der Waals surface area contributed by atoms with Crippen LogP contribution in [0.2, 0.25) is 0 Å². The van der Waals surface area contributed by atoms with Gasteiger partial charge >= 0.3 is 0 Å². The predicted octanol–water partition coefficient (Wildman–Crippen LogP) is 3.43. The summed E-state index contributed by atoms with van der Waals surface area (Å²) in [5.74, 6) is -0.188. The molecule has 0 aromatic heterocycles. The van der Waals surface area contributed by atoms with Crippen LogP contribution in [0.5, 0.6) is 0 Å². The van der Waals surface area contributed by atoms with Crippen LogP contribution >= 0.6 is 15.9 Å². The average molecular weight is 260 g/mol. The molecule has 1 rings (SSSR count). The summed E-state index contributed by atoms with van der Waals surface area (Å²) in [5.41, 5.74) is 1.02. The molecule has 0 spiro atoms. The molecule has 1 aromatic rings. The highest BCUT2D eigenvalue weighted by molar-refractivity contribution is 9.10. The van der Waals surface area contributed by atoms with Crippen LogP contribution in [-0.2, 0) is 6.54 Å². The monoisotopic (exact) mass is 259 g/mol. The van der Waals surface area contributed by atoms with Gasteiger partial charge in [0.2, 0.25) is 0 Å². The van der Waals surface area contributed by atoms with Gasteiger partial charge in [0.1, 0.15) is 5.82 Å². The van der Waals surface area contributed by atoms with E-state index in [1.54, 1.807) is 12.1 Å². The fourth-order valence-electron chi connectivity index (χ4n) is 1.41. The van der Waals surface area contributed by atoms with Crippen LogP contribution in [0.1, 0.15) is 18.9 Å². The largest absolute Gasteiger partial charge is 0.302 e. The molecule has 14 heavy (non-hydrogen) atoms. The Hall–Kier alpha value is -0.410. The van der Waals surface area contributed by atoms with Crippen molar-refractivity contribution in [1.29, 1.82) is 0 Å². The van der Waals surface area contributed by atoms with Crippen LogP contribution in [0.15, 0.2) is 22.7 Å². The summed E-state index contributed by atoms with van der Waals surface area (Å²) < 4.78 is 13.7. The average Bonchev–Trinajstić information content (AvgIpc) is 2.12. The zero-order valence-corrected chi connectivity index (χ0v) is 10.1. The first-order chi connectivity index (χ1) is 6.63. The van der Waals surface area contributed by atoms with E-state index in [0.717, 1.165) is 25.1 Å². The second-order valence-electron chi connectivity index (χ2n) is 3.49. The molecule has 0 N–H and O–H groups in total. The number of hydrogen-bond acceptors (Lipinski definition) is 1. The lowest BCUT2D eigenvalue weighted by Gasteiger charge is -2.15. The predicted molar refractivity (Wildman–Crippen MR) is 60.7 cm³/mol. The fourth-order valence-corrected chi connectivity index (χ4v) is 1.66. The van der Waals surface area contributed by atoms with Crippen molar-refractivity contribution in [3.63, 3.8) is 0 Å². The molecule has 0 aliphatic rings. The summed E-state index contributed by atoms with van der Waals surface area (Å²) in [5, 5.41) is 0. The Morgan fingerprint density at radius 2 is 2.14 bits per heavy atom. The highest BCUT2D eigenvalue weighted by Crippen LogP contribution is 2.17. The molecule has 0 heterocycles. The first kappa shape index (κ1) is 11.7. The van der Waals surface area contributed by atoms with Gasteiger partial charge in [-0.25, -0.2) is 4.39 Å². The van der Waals surface area contributed by atoms with E-state index < -0.39 is 0 Å². The van der Waals surface area contributed by atoms with Gasteiger partial charge in [-0.15, -0.1) is 0 Å². The summed E-state index contributed by atoms with van der Waals surface area (Å²) in [6.45, 7) is 3.98. The molecular formula is C11H15BrFN. The van der Waals surface area contributed by atoms with E-state index in [1.165, 1.54) is 0 Å². The van der Waals surface area contributed by atoms with Crippen molar-refractivity contribution in [2.75, 3.05) is 13.6 Å². The third-order valence-corrected chi connectivity index (χ3v) is 2.68. The van der Waals surface area contributed by atoms with Crippen molar-refractivity contribution in [2.24, 2.45) is 0 Å². The maximum absolute atomic E-state index is 13.2. The third-order valence-electron chi connectivity index (χ3n) is 2.04. The van der Waals surface area contributed by atoms with Gasteiger partial charge in [-0.1, -0.05) is 13.0 Å². The minimum absolute atomic E-state index is 0.188. The normalized spacial score (nSPS) is 10.9. The molecule has 0 aliphatic heterocycles. The molecule has 0 unspecified atom stereocenters. The molecule has 0 fully saturated rings. The molecule has 0 aliphatic carbocycles. The minimum atomic E-state index is -0.188. The van der Waals surface area contributed by atoms with Gasteiger partial charge in [0, 0.05) is 6.54 Å². The summed E-state index contributed by atoms with van der Waals surface area (Å²) in [6.07, 6.45) is 1.12. The van der Waals surface area contributed by atoms with Crippen molar-refractivity contribution in [2.45, 2.75) is 19.9 Å². The van der Waals surface area contributed by atoms with Crippen molar-refractivity contribution in [1.82, 2.24) is 4.90 Å². The lowest BCUT2D eigenvalue weighted by molar-refractivity contribution is 0.327. The van der Waals surface area contributed by atoms with Gasteiger partial charge in [0.15, 0.2) is 0 Å². The van der Waals surface area contributed by atoms with E-state index >= 15 is 0 Å². The standard InChI is InChI=1S/C11H15BrFN/c1-3-6-14(2)8-9-4-5-10(12)11(13)7-9/h4-5,7H,3,6,8H2,1-2H3. The van der Waals surface area contributed by atoms with Crippen LogP contribution in [0.3, 0.4) is 0 Å². The highest BCUT2D eigenvalue weighted by Gasteiger charge is 2.02. The van der Waals surface area contributed by atoms with E-state index in [9.17, 15) is 4.39 Å². The maximum atomic E-state index is 13.2. The van der Waals surface area contributed by atoms with Crippen molar-refractivity contribution in [3.8, 4) is 0 Å². The number of benzene rings is 1. The Kier molecular flexibility index (Phi) is 4.55. The van der Waals surface area contributed by atoms with Gasteiger partial charge in [-0.05, 0) is 53.6 Å². The Balaban J connectivity index is 2.63. The quantitative estimate of drug-likeness (QED) is 0.801. The van der Waals surface area contributed by atoms with Gasteiger partial charge in [0.25, 0.3) is 0 Å². The highest BCUT2D eigenvalue weighted by atomic mass is 79.9. The molecule has 0 radical (unpaired) electrons. The second-order valence-corrected chi connectivity index (χ2v) is 4.34. The number of rotatable bonds is 4. The molecule has 0 atom stereocenters. The van der Waals surface area contributed by atoms with Gasteiger partial charge < -0.3 is 4.90 Å². The molecule has 1 nitrogen and oxygen atoms in total. The topological polar surface area (TPSA) is 3.24 Å². The number of nitrogens with zero attached hydrogens (tertiary/aromatic N) is 1. The van der Waals surface area contributed by atoms with E-state index in [-0.39, 0.29) is 5.82 Å². The van der Waals surface area contributed by atoms with Crippen molar-refractivity contribution >= 4 is 15.9 Å². The Morgan fingerprint density at radius 1 is 1.43 bits per heavy atom. The Bertz CT molecular complexity index is 301. The van der Waals surface area contributed by atoms with Crippen molar-refractivity contribution in [3.05, 3.63) is 34.1 Å². The molecule has 0 saturated carbocycles. The van der Waals surface area contributed by atoms with Crippen LogP contribution in [0, 0.1) is 5.82 Å². The van der Waals surface area contributed by atoms with E-state index in [0.29, 0.717) is 4.47 Å². The first-order valence-corrected chi connectivity index (χ1v) is 5.55. The molecule has 0 amide bonds. The van der Waals surface area contributed by atoms with E-state index in [2.05, 4.69) is 27.8 Å². The van der Waals surface area contributed by atoms with Crippen LogP contribution in [-0.4, -0.2) is 18.5 Å². The Labute approximate surface area is 93.0 Å². The molecule has 0 bridgehead atoms. The summed E-state index contributed by atoms with van der Waals surface area (Å²) in [7, 11) is 2.05. The molecular weight excluding hydrogens is 245 g/mol. The van der Waals surface area contributed by atoms with Gasteiger partial charge in [-0.3, -0.25) is 0 Å². The van der Waals surface area contributed by atoms with Gasteiger partial charge in [0.05, 0.1) is 4.47 Å². The third kappa shape index (κ3) is 3.39. The zero-order chi connectivity index (χ0) is 10.6. The zero-order valence-electron chi connectivity index (χ0n) is 8.56. The fraction of sp³-hybridized carbons (Fsp3) is 0.455. The smallest absolute Gasteiger partial charge is 0.137 e. The van der Waals surface area contributed by atoms with E-state index in [4.69, 9.17) is 0 Å². The van der Waals surface area contributed by atoms with Crippen molar-refractivity contribution < 1.29 is 4.39 Å². The van der Waals surface area contributed by atoms with Crippen LogP contribution in [0.25, 0.3) is 0 Å². The molecule has 3 heteroatoms. The SMILES string of the molecule is CCCN(C)Cc1ccc(Br)c(F)c1. The summed E-state index contributed by atoms with van der Waals surface area (Å²) in [4.78, 5) is 2.18. The number of halogens is 2. The lowest BCUT2D eigenvalue weighted by atomic mass is 10.2. The number of hydrogen-bond donors (Lipinski definition) is 0. The van der Waals surface area contributed by atoms with Gasteiger partial charge in [-0.2, -0.15) is 0 Å². The summed E-state index contributed by atoms with van der Waals surface area (Å²) in [6, 6.07) is 5.28. The maximum Gasteiger partial charge on any atom is 0.137 e. The minimum Gasteiger partial charge on any atom is -0.302 e. The van der Waals surface area contributed by atoms with Crippen LogP contribution in [0.4, 0.5) is 4.39 Å². The van der Waals surface area contributed by atoms with E-state index in [1.807, 2.05) is 13.1 Å². The summed E-state index contributed by atoms with van der Waals surface area (Å²) >= 11 is 3.14. The second kappa shape index (κ2) is 5.47. The molecule has 78 valence electrons. The first-order valence-electron chi connectivity index (χ1n) is 4.76. The Morgan fingerprint density at radius 3 is 2.71 bits per heavy atom. The lowest BCUT2D eigenvalue weighted by Crippen LogP contribution is -2.18.